The number of carbonyl (C=O) groups excluding carboxylic acids is 3. The maximum atomic E-state index is 13.8. The maximum Gasteiger partial charge on any atom is 0.325 e. The lowest BCUT2D eigenvalue weighted by Gasteiger charge is -2.40. The second-order valence-corrected chi connectivity index (χ2v) is 9.31. The van der Waals surface area contributed by atoms with Gasteiger partial charge in [0.15, 0.2) is 5.54 Å². The predicted octanol–water partition coefficient (Wildman–Crippen LogP) is 3.34. The van der Waals surface area contributed by atoms with E-state index in [0.717, 1.165) is 4.88 Å². The Morgan fingerprint density at radius 3 is 2.66 bits per heavy atom. The van der Waals surface area contributed by atoms with Crippen molar-refractivity contribution in [3.8, 4) is 0 Å². The third-order valence-electron chi connectivity index (χ3n) is 6.53. The van der Waals surface area contributed by atoms with Crippen molar-refractivity contribution in [3.05, 3.63) is 64.1 Å². The fourth-order valence-electron chi connectivity index (χ4n) is 4.62. The fraction of sp³-hybridized carbons (Fsp3) is 0.417. The van der Waals surface area contributed by atoms with Gasteiger partial charge in [0.2, 0.25) is 5.91 Å². The highest BCUT2D eigenvalue weighted by Crippen LogP contribution is 2.40. The summed E-state index contributed by atoms with van der Waals surface area (Å²) >= 11 is 1.62. The molecule has 2 aliphatic heterocycles. The van der Waals surface area contributed by atoms with Crippen molar-refractivity contribution in [2.24, 2.45) is 5.92 Å². The van der Waals surface area contributed by atoms with Crippen molar-refractivity contribution in [3.63, 3.8) is 0 Å². The molecule has 1 unspecified atom stereocenters. The van der Waals surface area contributed by atoms with Crippen LogP contribution in [0, 0.1) is 5.92 Å². The lowest BCUT2D eigenvalue weighted by Crippen LogP contribution is -2.54. The molecular formula is C24H28N4O3S. The number of pyridine rings is 1. The molecule has 0 aromatic carbocycles. The summed E-state index contributed by atoms with van der Waals surface area (Å²) in [6.07, 6.45) is 5.33. The molecule has 2 saturated heterocycles. The summed E-state index contributed by atoms with van der Waals surface area (Å²) in [7, 11) is 0. The number of amides is 4. The number of hydrogen-bond acceptors (Lipinski definition) is 5. The van der Waals surface area contributed by atoms with E-state index in [2.05, 4.69) is 10.3 Å². The first kappa shape index (κ1) is 22.2. The number of imide groups is 1. The number of rotatable bonds is 6. The number of carbonyl (C=O) groups is 3. The molecule has 0 radical (unpaired) electrons. The van der Waals surface area contributed by atoms with Crippen molar-refractivity contribution < 1.29 is 14.4 Å². The van der Waals surface area contributed by atoms with Gasteiger partial charge in [-0.25, -0.2) is 4.79 Å². The summed E-state index contributed by atoms with van der Waals surface area (Å²) < 4.78 is 0. The molecule has 2 aromatic heterocycles. The number of aromatic nitrogens is 1. The SMILES string of the molecule is C/C=C(\C)C(=O)N1CCC(C2(c3ccccn3)NC(=O)N(CCc3cccs3)C2=O)CC1. The maximum absolute atomic E-state index is 13.8. The number of nitrogens with zero attached hydrogens (tertiary/aromatic N) is 3. The van der Waals surface area contributed by atoms with E-state index in [1.807, 2.05) is 54.5 Å². The third kappa shape index (κ3) is 3.95. The third-order valence-corrected chi connectivity index (χ3v) is 7.46. The molecule has 8 heteroatoms. The van der Waals surface area contributed by atoms with Gasteiger partial charge in [-0.15, -0.1) is 11.3 Å². The molecule has 1 atom stereocenters. The molecule has 2 fully saturated rings. The molecule has 1 N–H and O–H groups in total. The van der Waals surface area contributed by atoms with E-state index < -0.39 is 5.54 Å². The predicted molar refractivity (Wildman–Crippen MR) is 123 cm³/mol. The Hall–Kier alpha value is -3.00. The highest BCUT2D eigenvalue weighted by molar-refractivity contribution is 7.09. The van der Waals surface area contributed by atoms with Crippen molar-refractivity contribution in [2.75, 3.05) is 19.6 Å². The van der Waals surface area contributed by atoms with Crippen LogP contribution in [0.5, 0.6) is 0 Å². The number of piperidine rings is 1. The Labute approximate surface area is 192 Å². The molecule has 2 aliphatic rings. The van der Waals surface area contributed by atoms with Crippen molar-refractivity contribution >= 4 is 29.2 Å². The van der Waals surface area contributed by atoms with E-state index in [1.54, 1.807) is 23.6 Å². The molecule has 0 saturated carbocycles. The molecule has 2 aromatic rings. The minimum Gasteiger partial charge on any atom is -0.339 e. The molecule has 4 heterocycles. The van der Waals surface area contributed by atoms with E-state index in [-0.39, 0.29) is 23.8 Å². The average molecular weight is 453 g/mol. The largest absolute Gasteiger partial charge is 0.339 e. The molecule has 4 rings (SSSR count). The van der Waals surface area contributed by atoms with Crippen LogP contribution in [-0.2, 0) is 21.5 Å². The zero-order valence-corrected chi connectivity index (χ0v) is 19.2. The van der Waals surface area contributed by atoms with Crippen LogP contribution in [0.3, 0.4) is 0 Å². The topological polar surface area (TPSA) is 82.6 Å². The quantitative estimate of drug-likeness (QED) is 0.538. The Kier molecular flexibility index (Phi) is 6.41. The molecular weight excluding hydrogens is 424 g/mol. The molecule has 7 nitrogen and oxygen atoms in total. The molecule has 0 spiro atoms. The van der Waals surface area contributed by atoms with Gasteiger partial charge in [-0.05, 0) is 56.7 Å². The van der Waals surface area contributed by atoms with Gasteiger partial charge in [0.05, 0.1) is 5.69 Å². The van der Waals surface area contributed by atoms with E-state index >= 15 is 0 Å². The number of urea groups is 1. The summed E-state index contributed by atoms with van der Waals surface area (Å²) in [6, 6.07) is 9.05. The van der Waals surface area contributed by atoms with Crippen LogP contribution in [0.25, 0.3) is 0 Å². The average Bonchev–Trinajstić information content (AvgIpc) is 3.44. The molecule has 0 aliphatic carbocycles. The zero-order chi connectivity index (χ0) is 22.7. The molecule has 0 bridgehead atoms. The van der Waals surface area contributed by atoms with Crippen LogP contribution in [0.15, 0.2) is 53.6 Å². The number of nitrogens with one attached hydrogen (secondary N) is 1. The number of likely N-dealkylation sites (tertiary alicyclic amines) is 1. The Morgan fingerprint density at radius 2 is 2.03 bits per heavy atom. The lowest BCUT2D eigenvalue weighted by molar-refractivity contribution is -0.135. The second-order valence-electron chi connectivity index (χ2n) is 8.28. The van der Waals surface area contributed by atoms with Gasteiger partial charge >= 0.3 is 6.03 Å². The van der Waals surface area contributed by atoms with Crippen molar-refractivity contribution in [2.45, 2.75) is 38.6 Å². The minimum absolute atomic E-state index is 0.0252. The van der Waals surface area contributed by atoms with Crippen LogP contribution in [-0.4, -0.2) is 52.3 Å². The summed E-state index contributed by atoms with van der Waals surface area (Å²) in [4.78, 5) is 48.1. The van der Waals surface area contributed by atoms with Crippen LogP contribution in [0.1, 0.15) is 37.3 Å². The molecule has 4 amide bonds. The van der Waals surface area contributed by atoms with Gasteiger partial charge in [-0.2, -0.15) is 0 Å². The van der Waals surface area contributed by atoms with E-state index in [9.17, 15) is 14.4 Å². The monoisotopic (exact) mass is 452 g/mol. The van der Waals surface area contributed by atoms with E-state index in [4.69, 9.17) is 0 Å². The first-order valence-corrected chi connectivity index (χ1v) is 11.9. The highest BCUT2D eigenvalue weighted by Gasteiger charge is 2.58. The number of thiophene rings is 1. The molecule has 32 heavy (non-hydrogen) atoms. The lowest BCUT2D eigenvalue weighted by atomic mass is 9.75. The fourth-order valence-corrected chi connectivity index (χ4v) is 5.32. The van der Waals surface area contributed by atoms with Gasteiger partial charge in [-0.3, -0.25) is 19.5 Å². The number of hydrogen-bond donors (Lipinski definition) is 1. The van der Waals surface area contributed by atoms with E-state index in [1.165, 1.54) is 4.90 Å². The Bertz CT molecular complexity index is 1010. The van der Waals surface area contributed by atoms with Gasteiger partial charge in [0, 0.05) is 42.2 Å². The standard InChI is InChI=1S/C24H28N4O3S/c1-3-17(2)21(29)27-13-9-18(10-14-27)24(20-8-4-5-12-25-20)22(30)28(23(31)26-24)15-11-19-7-6-16-32-19/h3-8,12,16,18H,9-11,13-15H2,1-2H3,(H,26,31)/b17-3+. The second kappa shape index (κ2) is 9.24. The van der Waals surface area contributed by atoms with Crippen LogP contribution >= 0.6 is 11.3 Å². The van der Waals surface area contributed by atoms with Gasteiger partial charge in [0.1, 0.15) is 0 Å². The first-order valence-electron chi connectivity index (χ1n) is 11.0. The Balaban J connectivity index is 1.58. The normalized spacial score (nSPS) is 22.4. The van der Waals surface area contributed by atoms with Crippen LogP contribution in [0.4, 0.5) is 4.79 Å². The van der Waals surface area contributed by atoms with Gasteiger partial charge < -0.3 is 10.2 Å². The zero-order valence-electron chi connectivity index (χ0n) is 18.4. The van der Waals surface area contributed by atoms with Crippen molar-refractivity contribution in [1.29, 1.82) is 0 Å². The summed E-state index contributed by atoms with van der Waals surface area (Å²) in [5.74, 6) is -0.361. The van der Waals surface area contributed by atoms with Gasteiger partial charge in [0.25, 0.3) is 5.91 Å². The minimum atomic E-state index is -1.20. The van der Waals surface area contributed by atoms with Gasteiger partial charge in [-0.1, -0.05) is 18.2 Å². The highest BCUT2D eigenvalue weighted by atomic mass is 32.1. The summed E-state index contributed by atoms with van der Waals surface area (Å²) in [6.45, 7) is 5.09. The van der Waals surface area contributed by atoms with E-state index in [0.29, 0.717) is 50.2 Å². The summed E-state index contributed by atoms with van der Waals surface area (Å²) in [5, 5.41) is 5.01. The summed E-state index contributed by atoms with van der Waals surface area (Å²) in [5.41, 5.74) is 0.0812. The Morgan fingerprint density at radius 1 is 1.25 bits per heavy atom. The smallest absolute Gasteiger partial charge is 0.325 e. The first-order chi connectivity index (χ1) is 15.5. The van der Waals surface area contributed by atoms with Crippen LogP contribution in [0.2, 0.25) is 0 Å². The molecule has 168 valence electrons. The number of allylic oxidation sites excluding steroid dienone is 1. The van der Waals surface area contributed by atoms with Crippen LogP contribution < -0.4 is 5.32 Å². The van der Waals surface area contributed by atoms with Crippen molar-refractivity contribution in [1.82, 2.24) is 20.1 Å².